The van der Waals surface area contributed by atoms with Crippen LogP contribution in [0.3, 0.4) is 0 Å². The predicted molar refractivity (Wildman–Crippen MR) is 149 cm³/mol. The van der Waals surface area contributed by atoms with Crippen molar-refractivity contribution < 1.29 is 38.2 Å². The van der Waals surface area contributed by atoms with Crippen LogP contribution in [-0.4, -0.2) is 59.7 Å². The number of carbonyl (C=O) groups excluding carboxylic acids is 5. The molecule has 1 rings (SSSR count). The molecule has 0 radical (unpaired) electrons. The van der Waals surface area contributed by atoms with Gasteiger partial charge in [0.05, 0.1) is 6.42 Å². The Morgan fingerprint density at radius 1 is 0.850 bits per heavy atom. The second-order valence-electron chi connectivity index (χ2n) is 11.8. The number of nitrogens with one attached hydrogen (secondary N) is 3. The molecule has 2 atom stereocenters. The van der Waals surface area contributed by atoms with E-state index in [9.17, 15) is 24.0 Å². The largest absolute Gasteiger partial charge is 0.460 e. The summed E-state index contributed by atoms with van der Waals surface area (Å²) >= 11 is 0. The Kier molecular flexibility index (Phi) is 13.6. The van der Waals surface area contributed by atoms with Gasteiger partial charge in [0.25, 0.3) is 0 Å². The average molecular weight is 564 g/mol. The first kappa shape index (κ1) is 34.4. The molecule has 1 aromatic carbocycles. The van der Waals surface area contributed by atoms with Gasteiger partial charge < -0.3 is 30.2 Å². The minimum Gasteiger partial charge on any atom is -0.460 e. The van der Waals surface area contributed by atoms with E-state index >= 15 is 0 Å². The first-order chi connectivity index (χ1) is 18.5. The predicted octanol–water partition coefficient (Wildman–Crippen LogP) is 3.39. The number of amides is 3. The van der Waals surface area contributed by atoms with E-state index in [2.05, 4.69) is 16.0 Å². The van der Waals surface area contributed by atoms with E-state index in [0.29, 0.717) is 0 Å². The van der Waals surface area contributed by atoms with Gasteiger partial charge in [0.2, 0.25) is 11.8 Å². The molecule has 1 aromatic rings. The van der Waals surface area contributed by atoms with Crippen LogP contribution in [0.2, 0.25) is 0 Å². The summed E-state index contributed by atoms with van der Waals surface area (Å²) in [4.78, 5) is 62.9. The summed E-state index contributed by atoms with van der Waals surface area (Å²) in [5, 5.41) is 7.73. The normalized spacial score (nSPS) is 13.0. The first-order valence-corrected chi connectivity index (χ1v) is 13.5. The number of hydrogen-bond acceptors (Lipinski definition) is 8. The van der Waals surface area contributed by atoms with Crippen LogP contribution in [-0.2, 0) is 40.0 Å². The Labute approximate surface area is 237 Å². The van der Waals surface area contributed by atoms with Crippen molar-refractivity contribution in [3.8, 4) is 0 Å². The zero-order valence-corrected chi connectivity index (χ0v) is 24.9. The number of benzene rings is 1. The van der Waals surface area contributed by atoms with Gasteiger partial charge in [-0.05, 0) is 59.4 Å². The first-order valence-electron chi connectivity index (χ1n) is 13.5. The summed E-state index contributed by atoms with van der Waals surface area (Å²) < 4.78 is 15.9. The molecule has 11 heteroatoms. The lowest BCUT2D eigenvalue weighted by atomic mass is 10.0. The molecule has 224 valence electrons. The Balaban J connectivity index is 2.73. The van der Waals surface area contributed by atoms with Crippen LogP contribution in [0.4, 0.5) is 4.79 Å². The summed E-state index contributed by atoms with van der Waals surface area (Å²) in [5.41, 5.74) is -0.709. The molecule has 40 heavy (non-hydrogen) atoms. The minimum absolute atomic E-state index is 0.0310. The second kappa shape index (κ2) is 15.8. The summed E-state index contributed by atoms with van der Waals surface area (Å²) in [6.45, 7) is 14.0. The van der Waals surface area contributed by atoms with Gasteiger partial charge in [0.15, 0.2) is 0 Å². The van der Waals surface area contributed by atoms with Crippen LogP contribution >= 0.6 is 0 Å². The van der Waals surface area contributed by atoms with E-state index in [1.807, 2.05) is 30.3 Å². The van der Waals surface area contributed by atoms with Crippen molar-refractivity contribution in [2.75, 3.05) is 6.54 Å². The Bertz CT molecular complexity index is 997. The van der Waals surface area contributed by atoms with Crippen LogP contribution in [0, 0.1) is 5.92 Å². The summed E-state index contributed by atoms with van der Waals surface area (Å²) in [6.07, 6.45) is -0.817. The fraction of sp³-hybridized carbons (Fsp3) is 0.621. The topological polar surface area (TPSA) is 149 Å². The summed E-state index contributed by atoms with van der Waals surface area (Å²) in [6, 6.07) is 6.93. The van der Waals surface area contributed by atoms with E-state index in [1.54, 1.807) is 55.4 Å². The molecule has 0 aliphatic carbocycles. The molecule has 0 spiro atoms. The molecule has 0 saturated carbocycles. The zero-order valence-electron chi connectivity index (χ0n) is 24.9. The highest BCUT2D eigenvalue weighted by atomic mass is 16.6. The Morgan fingerprint density at radius 3 is 2.00 bits per heavy atom. The van der Waals surface area contributed by atoms with E-state index < -0.39 is 59.6 Å². The number of rotatable bonds is 13. The maximum Gasteiger partial charge on any atom is 0.407 e. The molecule has 0 bridgehead atoms. The van der Waals surface area contributed by atoms with E-state index in [0.717, 1.165) is 5.56 Å². The maximum atomic E-state index is 13.2. The van der Waals surface area contributed by atoms with Gasteiger partial charge in [0, 0.05) is 13.0 Å². The van der Waals surface area contributed by atoms with E-state index in [-0.39, 0.29) is 31.9 Å². The Morgan fingerprint density at radius 2 is 1.45 bits per heavy atom. The van der Waals surface area contributed by atoms with Crippen molar-refractivity contribution >= 4 is 29.8 Å². The molecule has 11 nitrogen and oxygen atoms in total. The number of alkyl carbamates (subject to hydrolysis) is 1. The summed E-state index contributed by atoms with van der Waals surface area (Å²) in [5.74, 6) is -2.85. The second-order valence-corrected chi connectivity index (χ2v) is 11.8. The van der Waals surface area contributed by atoms with Crippen molar-refractivity contribution in [2.24, 2.45) is 5.92 Å². The third-order valence-corrected chi connectivity index (χ3v) is 5.13. The van der Waals surface area contributed by atoms with Gasteiger partial charge >= 0.3 is 18.0 Å². The zero-order chi connectivity index (χ0) is 30.5. The smallest absolute Gasteiger partial charge is 0.407 e. The Hall–Kier alpha value is -3.63. The molecule has 0 aliphatic rings. The molecule has 0 heterocycles. The fourth-order valence-electron chi connectivity index (χ4n) is 3.36. The summed E-state index contributed by atoms with van der Waals surface area (Å²) in [7, 11) is 0. The van der Waals surface area contributed by atoms with Gasteiger partial charge in [-0.15, -0.1) is 0 Å². The molecule has 0 unspecified atom stereocenters. The third kappa shape index (κ3) is 15.1. The van der Waals surface area contributed by atoms with E-state index in [1.165, 1.54) is 0 Å². The molecule has 0 aromatic heterocycles. The van der Waals surface area contributed by atoms with Crippen molar-refractivity contribution in [1.29, 1.82) is 0 Å². The standard InChI is InChI=1S/C29H45N3O8/c1-19(2)24(26(36)40-29(6,7)8)32-25(35)21(17-23(34)39-28(3,4)5)31-22(33)15-12-16-30-27(37)38-18-20-13-10-9-11-14-20/h9-11,13-14,19,21,24H,12,15-18H2,1-8H3,(H,30,37)(H,31,33)(H,32,35)/t21-,24-/m0/s1. The van der Waals surface area contributed by atoms with Gasteiger partial charge in [-0.2, -0.15) is 0 Å². The van der Waals surface area contributed by atoms with Crippen LogP contribution < -0.4 is 16.0 Å². The van der Waals surface area contributed by atoms with Crippen molar-refractivity contribution in [3.63, 3.8) is 0 Å². The highest BCUT2D eigenvalue weighted by Crippen LogP contribution is 2.14. The number of carbonyl (C=O) groups is 5. The lowest BCUT2D eigenvalue weighted by Crippen LogP contribution is -2.55. The molecule has 3 amide bonds. The SMILES string of the molecule is CC(C)[C@H](NC(=O)[C@H](CC(=O)OC(C)(C)C)NC(=O)CCCNC(=O)OCc1ccccc1)C(=O)OC(C)(C)C. The highest BCUT2D eigenvalue weighted by Gasteiger charge is 2.33. The number of esters is 2. The number of ether oxygens (including phenoxy) is 3. The van der Waals surface area contributed by atoms with Crippen LogP contribution in [0.25, 0.3) is 0 Å². The van der Waals surface area contributed by atoms with Crippen LogP contribution in [0.15, 0.2) is 30.3 Å². The highest BCUT2D eigenvalue weighted by molar-refractivity contribution is 5.93. The molecule has 0 fully saturated rings. The quantitative estimate of drug-likeness (QED) is 0.188. The van der Waals surface area contributed by atoms with Gasteiger partial charge in [-0.1, -0.05) is 44.2 Å². The molecular formula is C29H45N3O8. The van der Waals surface area contributed by atoms with Crippen LogP contribution in [0.1, 0.15) is 80.2 Å². The van der Waals surface area contributed by atoms with E-state index in [4.69, 9.17) is 14.2 Å². The monoisotopic (exact) mass is 563 g/mol. The average Bonchev–Trinajstić information content (AvgIpc) is 2.81. The van der Waals surface area contributed by atoms with Crippen molar-refractivity contribution in [2.45, 2.75) is 105 Å². The lowest BCUT2D eigenvalue weighted by molar-refractivity contribution is -0.160. The molecule has 0 saturated heterocycles. The number of hydrogen-bond donors (Lipinski definition) is 3. The third-order valence-electron chi connectivity index (χ3n) is 5.13. The van der Waals surface area contributed by atoms with Crippen LogP contribution in [0.5, 0.6) is 0 Å². The molecular weight excluding hydrogens is 518 g/mol. The lowest BCUT2D eigenvalue weighted by Gasteiger charge is -2.28. The molecule has 3 N–H and O–H groups in total. The van der Waals surface area contributed by atoms with Gasteiger partial charge in [-0.3, -0.25) is 14.4 Å². The van der Waals surface area contributed by atoms with Crippen molar-refractivity contribution in [1.82, 2.24) is 16.0 Å². The van der Waals surface area contributed by atoms with Gasteiger partial charge in [-0.25, -0.2) is 9.59 Å². The van der Waals surface area contributed by atoms with Gasteiger partial charge in [0.1, 0.15) is 29.9 Å². The molecule has 0 aliphatic heterocycles. The maximum absolute atomic E-state index is 13.2. The minimum atomic E-state index is -1.28. The fourth-order valence-corrected chi connectivity index (χ4v) is 3.36. The van der Waals surface area contributed by atoms with Crippen molar-refractivity contribution in [3.05, 3.63) is 35.9 Å².